The van der Waals surface area contributed by atoms with Crippen molar-refractivity contribution in [2.45, 2.75) is 6.42 Å². The van der Waals surface area contributed by atoms with Gasteiger partial charge in [0, 0.05) is 12.0 Å². The Morgan fingerprint density at radius 2 is 2.10 bits per heavy atom. The predicted molar refractivity (Wildman–Crippen MR) is 78.1 cm³/mol. The number of para-hydroxylation sites is 1. The van der Waals surface area contributed by atoms with E-state index in [0.29, 0.717) is 11.3 Å². The second-order valence-electron chi connectivity index (χ2n) is 3.93. The first-order valence-electron chi connectivity index (χ1n) is 5.90. The molecule has 0 aliphatic carbocycles. The lowest BCUT2D eigenvalue weighted by atomic mass is 10.1. The maximum atomic E-state index is 11.6. The summed E-state index contributed by atoms with van der Waals surface area (Å²) in [5.41, 5.74) is 6.63. The van der Waals surface area contributed by atoms with Gasteiger partial charge in [-0.3, -0.25) is 0 Å². The molecule has 1 aromatic carbocycles. The summed E-state index contributed by atoms with van der Waals surface area (Å²) in [4.78, 5) is 16.9. The number of ether oxygens (including phenoxy) is 1. The SMILES string of the molecule is COc1ccccc1C/C(N)=N/OC(=O)c1cccs1. The number of carbonyl (C=O) groups is 1. The van der Waals surface area contributed by atoms with Crippen LogP contribution in [0.2, 0.25) is 0 Å². The van der Waals surface area contributed by atoms with Crippen molar-refractivity contribution in [2.75, 3.05) is 7.11 Å². The number of carbonyl (C=O) groups excluding carboxylic acids is 1. The number of nitrogens with two attached hydrogens (primary N) is 1. The first kappa shape index (κ1) is 14.1. The van der Waals surface area contributed by atoms with Gasteiger partial charge in [-0.2, -0.15) is 0 Å². The first-order valence-corrected chi connectivity index (χ1v) is 6.77. The minimum Gasteiger partial charge on any atom is -0.496 e. The molecule has 5 nitrogen and oxygen atoms in total. The molecule has 2 rings (SSSR count). The Balaban J connectivity index is 1.99. The average Bonchev–Trinajstić information content (AvgIpc) is 2.99. The monoisotopic (exact) mass is 290 g/mol. The number of thiophene rings is 1. The highest BCUT2D eigenvalue weighted by Gasteiger charge is 2.09. The molecule has 1 aromatic heterocycles. The van der Waals surface area contributed by atoms with Gasteiger partial charge in [0.05, 0.1) is 7.11 Å². The Hall–Kier alpha value is -2.34. The fourth-order valence-corrected chi connectivity index (χ4v) is 2.21. The van der Waals surface area contributed by atoms with Crippen molar-refractivity contribution in [1.82, 2.24) is 0 Å². The van der Waals surface area contributed by atoms with E-state index in [1.165, 1.54) is 11.3 Å². The number of hydrogen-bond donors (Lipinski definition) is 1. The standard InChI is InChI=1S/C14H14N2O3S/c1-18-11-6-3-2-5-10(11)9-13(15)16-19-14(17)12-7-4-8-20-12/h2-8H,9H2,1H3,(H2,15,16). The summed E-state index contributed by atoms with van der Waals surface area (Å²) < 4.78 is 5.21. The highest BCUT2D eigenvalue weighted by molar-refractivity contribution is 7.11. The van der Waals surface area contributed by atoms with Crippen molar-refractivity contribution < 1.29 is 14.4 Å². The number of hydrogen-bond acceptors (Lipinski definition) is 5. The average molecular weight is 290 g/mol. The lowest BCUT2D eigenvalue weighted by Gasteiger charge is -2.07. The second-order valence-corrected chi connectivity index (χ2v) is 4.87. The van der Waals surface area contributed by atoms with Crippen molar-refractivity contribution in [3.63, 3.8) is 0 Å². The van der Waals surface area contributed by atoms with Gasteiger partial charge in [-0.05, 0) is 17.5 Å². The van der Waals surface area contributed by atoms with E-state index in [2.05, 4.69) is 5.16 Å². The third-order valence-electron chi connectivity index (χ3n) is 2.53. The van der Waals surface area contributed by atoms with Crippen LogP contribution in [-0.4, -0.2) is 18.9 Å². The van der Waals surface area contributed by atoms with Crippen molar-refractivity contribution in [3.8, 4) is 5.75 Å². The predicted octanol–water partition coefficient (Wildman–Crippen LogP) is 2.43. The topological polar surface area (TPSA) is 73.9 Å². The van der Waals surface area contributed by atoms with Crippen LogP contribution < -0.4 is 10.5 Å². The van der Waals surface area contributed by atoms with Crippen molar-refractivity contribution >= 4 is 23.1 Å². The van der Waals surface area contributed by atoms with E-state index in [0.717, 1.165) is 11.3 Å². The van der Waals surface area contributed by atoms with Gasteiger partial charge >= 0.3 is 5.97 Å². The van der Waals surface area contributed by atoms with Crippen LogP contribution in [0.5, 0.6) is 5.75 Å². The molecule has 2 N–H and O–H groups in total. The Morgan fingerprint density at radius 1 is 1.30 bits per heavy atom. The third-order valence-corrected chi connectivity index (χ3v) is 3.38. The highest BCUT2D eigenvalue weighted by atomic mass is 32.1. The summed E-state index contributed by atoms with van der Waals surface area (Å²) in [5, 5.41) is 5.44. The van der Waals surface area contributed by atoms with Crippen LogP contribution in [0.25, 0.3) is 0 Å². The quantitative estimate of drug-likeness (QED) is 0.397. The molecule has 104 valence electrons. The number of benzene rings is 1. The Bertz CT molecular complexity index is 609. The van der Waals surface area contributed by atoms with Crippen LogP contribution in [-0.2, 0) is 11.3 Å². The van der Waals surface area contributed by atoms with Gasteiger partial charge in [0.25, 0.3) is 0 Å². The van der Waals surface area contributed by atoms with Gasteiger partial charge in [0.1, 0.15) is 16.5 Å². The molecule has 0 aliphatic rings. The van der Waals surface area contributed by atoms with E-state index in [1.54, 1.807) is 24.6 Å². The molecule has 1 heterocycles. The van der Waals surface area contributed by atoms with Gasteiger partial charge in [0.2, 0.25) is 0 Å². The molecule has 0 fully saturated rings. The normalized spacial score (nSPS) is 11.2. The maximum Gasteiger partial charge on any atom is 0.375 e. The summed E-state index contributed by atoms with van der Waals surface area (Å²) >= 11 is 1.29. The number of amidine groups is 1. The van der Waals surface area contributed by atoms with Crippen LogP contribution in [0.15, 0.2) is 46.9 Å². The van der Waals surface area contributed by atoms with Gasteiger partial charge < -0.3 is 15.3 Å². The van der Waals surface area contributed by atoms with E-state index in [1.807, 2.05) is 24.3 Å². The molecule has 0 bridgehead atoms. The van der Waals surface area contributed by atoms with Crippen molar-refractivity contribution in [2.24, 2.45) is 10.9 Å². The van der Waals surface area contributed by atoms with Crippen LogP contribution in [0.3, 0.4) is 0 Å². The Labute approximate surface area is 120 Å². The van der Waals surface area contributed by atoms with E-state index >= 15 is 0 Å². The lowest BCUT2D eigenvalue weighted by Crippen LogP contribution is -2.17. The molecule has 0 atom stereocenters. The molecule has 0 aliphatic heterocycles. The van der Waals surface area contributed by atoms with Gasteiger partial charge in [0.15, 0.2) is 0 Å². The van der Waals surface area contributed by atoms with Crippen molar-refractivity contribution in [1.29, 1.82) is 0 Å². The zero-order chi connectivity index (χ0) is 14.4. The molecular weight excluding hydrogens is 276 g/mol. The molecule has 0 saturated heterocycles. The minimum atomic E-state index is -0.511. The fourth-order valence-electron chi connectivity index (χ4n) is 1.62. The largest absolute Gasteiger partial charge is 0.496 e. The number of methoxy groups -OCH3 is 1. The van der Waals surface area contributed by atoms with Crippen LogP contribution in [0, 0.1) is 0 Å². The van der Waals surface area contributed by atoms with E-state index in [4.69, 9.17) is 15.3 Å². The smallest absolute Gasteiger partial charge is 0.375 e. The van der Waals surface area contributed by atoms with Gasteiger partial charge in [-0.15, -0.1) is 11.3 Å². The maximum absolute atomic E-state index is 11.6. The summed E-state index contributed by atoms with van der Waals surface area (Å²) in [6, 6.07) is 10.9. The molecule has 2 aromatic rings. The summed E-state index contributed by atoms with van der Waals surface area (Å²) in [6.45, 7) is 0. The number of oxime groups is 1. The third kappa shape index (κ3) is 3.58. The molecule has 0 saturated carbocycles. The van der Waals surface area contributed by atoms with Crippen molar-refractivity contribution in [3.05, 3.63) is 52.2 Å². The second kappa shape index (κ2) is 6.72. The molecule has 0 amide bonds. The fraction of sp³-hybridized carbons (Fsp3) is 0.143. The Morgan fingerprint density at radius 3 is 2.80 bits per heavy atom. The van der Waals surface area contributed by atoms with Crippen LogP contribution >= 0.6 is 11.3 Å². The number of rotatable bonds is 5. The lowest BCUT2D eigenvalue weighted by molar-refractivity contribution is 0.0520. The van der Waals surface area contributed by atoms with Gasteiger partial charge in [-0.25, -0.2) is 4.79 Å². The van der Waals surface area contributed by atoms with E-state index in [-0.39, 0.29) is 5.84 Å². The molecule has 20 heavy (non-hydrogen) atoms. The molecule has 6 heteroatoms. The summed E-state index contributed by atoms with van der Waals surface area (Å²) in [7, 11) is 1.59. The zero-order valence-corrected chi connectivity index (χ0v) is 11.7. The molecule has 0 unspecified atom stereocenters. The van der Waals surface area contributed by atoms with E-state index < -0.39 is 5.97 Å². The van der Waals surface area contributed by atoms with E-state index in [9.17, 15) is 4.79 Å². The summed E-state index contributed by atoms with van der Waals surface area (Å²) in [5.74, 6) is 0.414. The van der Waals surface area contributed by atoms with Gasteiger partial charge in [-0.1, -0.05) is 29.4 Å². The van der Waals surface area contributed by atoms with Crippen LogP contribution in [0.1, 0.15) is 15.2 Å². The molecule has 0 radical (unpaired) electrons. The summed E-state index contributed by atoms with van der Waals surface area (Å²) in [6.07, 6.45) is 0.349. The number of nitrogens with zero attached hydrogens (tertiary/aromatic N) is 1. The molecule has 0 spiro atoms. The van der Waals surface area contributed by atoms with Crippen LogP contribution in [0.4, 0.5) is 0 Å². The minimum absolute atomic E-state index is 0.208. The zero-order valence-electron chi connectivity index (χ0n) is 10.9. The first-order chi connectivity index (χ1) is 9.70. The molecular formula is C14H14N2O3S. The highest BCUT2D eigenvalue weighted by Crippen LogP contribution is 2.17. The Kier molecular flexibility index (Phi) is 4.73.